The van der Waals surface area contributed by atoms with E-state index in [-0.39, 0.29) is 11.8 Å². The van der Waals surface area contributed by atoms with Crippen LogP contribution >= 0.6 is 11.6 Å². The number of hydrogen-bond acceptors (Lipinski definition) is 2. The van der Waals surface area contributed by atoms with E-state index in [1.54, 1.807) is 29.2 Å². The fraction of sp³-hybridized carbons (Fsp3) is 0.200. The molecule has 0 aliphatic heterocycles. The summed E-state index contributed by atoms with van der Waals surface area (Å²) >= 11 is 5.88. The molecule has 0 atom stereocenters. The van der Waals surface area contributed by atoms with Crippen molar-refractivity contribution in [3.8, 4) is 0 Å². The minimum absolute atomic E-state index is 0.0631. The molecule has 3 nitrogen and oxygen atoms in total. The molecule has 2 rings (SSSR count). The average molecular weight is 275 g/mol. The summed E-state index contributed by atoms with van der Waals surface area (Å²) in [6, 6.07) is 7.60. The van der Waals surface area contributed by atoms with Crippen molar-refractivity contribution in [1.82, 2.24) is 9.78 Å². The molecule has 0 radical (unpaired) electrons. The van der Waals surface area contributed by atoms with Crippen LogP contribution in [0.5, 0.6) is 0 Å². The molecule has 0 N–H and O–H groups in total. The van der Waals surface area contributed by atoms with Gasteiger partial charge in [0.05, 0.1) is 11.8 Å². The number of halogens is 1. The van der Waals surface area contributed by atoms with Crippen molar-refractivity contribution >= 4 is 23.5 Å². The summed E-state index contributed by atoms with van der Waals surface area (Å²) in [5.74, 6) is -0.0631. The molecule has 0 aliphatic rings. The third-order valence-electron chi connectivity index (χ3n) is 2.69. The average Bonchev–Trinajstić information content (AvgIpc) is 2.86. The summed E-state index contributed by atoms with van der Waals surface area (Å²) in [5.41, 5.74) is 1.49. The quantitative estimate of drug-likeness (QED) is 0.624. The standard InChI is InChI=1S/C15H15ClN2O/c1-11(2)18-10-13(9-17-18)15(19)7-6-12-4-3-5-14(16)8-12/h3-11H,1-2H3. The molecule has 0 bridgehead atoms. The molecule has 0 spiro atoms. The molecule has 1 aromatic heterocycles. The zero-order valence-electron chi connectivity index (χ0n) is 10.9. The lowest BCUT2D eigenvalue weighted by atomic mass is 10.1. The number of allylic oxidation sites excluding steroid dienone is 1. The zero-order valence-corrected chi connectivity index (χ0v) is 11.6. The molecule has 0 saturated carbocycles. The molecule has 0 fully saturated rings. The second-order valence-electron chi connectivity index (χ2n) is 4.56. The van der Waals surface area contributed by atoms with E-state index in [0.717, 1.165) is 5.56 Å². The second kappa shape index (κ2) is 5.85. The lowest BCUT2D eigenvalue weighted by Gasteiger charge is -2.02. The number of hydrogen-bond donors (Lipinski definition) is 0. The normalized spacial score (nSPS) is 11.4. The van der Waals surface area contributed by atoms with Gasteiger partial charge >= 0.3 is 0 Å². The summed E-state index contributed by atoms with van der Waals surface area (Å²) in [6.07, 6.45) is 6.63. The van der Waals surface area contributed by atoms with Crippen molar-refractivity contribution in [2.45, 2.75) is 19.9 Å². The van der Waals surface area contributed by atoms with Crippen LogP contribution in [0.15, 0.2) is 42.7 Å². The van der Waals surface area contributed by atoms with E-state index in [2.05, 4.69) is 5.10 Å². The van der Waals surface area contributed by atoms with Gasteiger partial charge in [-0.3, -0.25) is 9.48 Å². The Labute approximate surface area is 117 Å². The Kier molecular flexibility index (Phi) is 4.17. The van der Waals surface area contributed by atoms with Gasteiger partial charge in [-0.05, 0) is 37.6 Å². The van der Waals surface area contributed by atoms with Crippen molar-refractivity contribution < 1.29 is 4.79 Å². The minimum atomic E-state index is -0.0631. The lowest BCUT2D eigenvalue weighted by molar-refractivity contribution is 0.104. The van der Waals surface area contributed by atoms with E-state index < -0.39 is 0 Å². The van der Waals surface area contributed by atoms with E-state index in [4.69, 9.17) is 11.6 Å². The lowest BCUT2D eigenvalue weighted by Crippen LogP contribution is -2.00. The van der Waals surface area contributed by atoms with Crippen molar-refractivity contribution in [2.75, 3.05) is 0 Å². The van der Waals surface area contributed by atoms with E-state index in [0.29, 0.717) is 10.6 Å². The van der Waals surface area contributed by atoms with Gasteiger partial charge in [0.2, 0.25) is 0 Å². The number of aromatic nitrogens is 2. The molecule has 0 aliphatic carbocycles. The Bertz CT molecular complexity index is 614. The summed E-state index contributed by atoms with van der Waals surface area (Å²) in [4.78, 5) is 12.0. The Hall–Kier alpha value is -1.87. The van der Waals surface area contributed by atoms with Crippen molar-refractivity contribution in [2.24, 2.45) is 0 Å². The van der Waals surface area contributed by atoms with Crippen molar-refractivity contribution in [3.05, 3.63) is 58.9 Å². The number of nitrogens with zero attached hydrogens (tertiary/aromatic N) is 2. The molecule has 0 unspecified atom stereocenters. The smallest absolute Gasteiger partial charge is 0.189 e. The SMILES string of the molecule is CC(C)n1cc(C(=O)C=Cc2cccc(Cl)c2)cn1. The number of rotatable bonds is 4. The third-order valence-corrected chi connectivity index (χ3v) is 2.93. The monoisotopic (exact) mass is 274 g/mol. The number of carbonyl (C=O) groups excluding carboxylic acids is 1. The number of ketones is 1. The van der Waals surface area contributed by atoms with Crippen LogP contribution in [0.1, 0.15) is 35.8 Å². The molecular formula is C15H15ClN2O. The molecule has 1 heterocycles. The number of benzene rings is 1. The molecule has 4 heteroatoms. The van der Waals surface area contributed by atoms with Crippen LogP contribution in [0, 0.1) is 0 Å². The Morgan fingerprint density at radius 1 is 1.42 bits per heavy atom. The maximum Gasteiger partial charge on any atom is 0.189 e. The highest BCUT2D eigenvalue weighted by molar-refractivity contribution is 6.30. The van der Waals surface area contributed by atoms with Gasteiger partial charge < -0.3 is 0 Å². The number of carbonyl (C=O) groups is 1. The summed E-state index contributed by atoms with van der Waals surface area (Å²) in [5, 5.41) is 4.80. The Balaban J connectivity index is 2.12. The second-order valence-corrected chi connectivity index (χ2v) is 4.99. The predicted octanol–water partition coefficient (Wildman–Crippen LogP) is 4.01. The molecule has 2 aromatic rings. The van der Waals surface area contributed by atoms with Gasteiger partial charge in [0.25, 0.3) is 0 Å². The Morgan fingerprint density at radius 2 is 2.21 bits per heavy atom. The van der Waals surface area contributed by atoms with E-state index in [1.165, 1.54) is 6.08 Å². The van der Waals surface area contributed by atoms with E-state index in [9.17, 15) is 4.79 Å². The van der Waals surface area contributed by atoms with E-state index >= 15 is 0 Å². The van der Waals surface area contributed by atoms with Crippen molar-refractivity contribution in [3.63, 3.8) is 0 Å². The van der Waals surface area contributed by atoms with Crippen LogP contribution in [-0.2, 0) is 0 Å². The highest BCUT2D eigenvalue weighted by Crippen LogP contribution is 2.13. The molecule has 0 amide bonds. The van der Waals surface area contributed by atoms with Crippen LogP contribution in [-0.4, -0.2) is 15.6 Å². The van der Waals surface area contributed by atoms with Crippen LogP contribution in [0.2, 0.25) is 5.02 Å². The highest BCUT2D eigenvalue weighted by Gasteiger charge is 2.06. The molecule has 1 aromatic carbocycles. The van der Waals surface area contributed by atoms with Gasteiger partial charge in [0.15, 0.2) is 5.78 Å². The van der Waals surface area contributed by atoms with Crippen LogP contribution in [0.4, 0.5) is 0 Å². The zero-order chi connectivity index (χ0) is 13.8. The maximum atomic E-state index is 12.0. The molecule has 0 saturated heterocycles. The summed E-state index contributed by atoms with van der Waals surface area (Å²) in [7, 11) is 0. The van der Waals surface area contributed by atoms with Crippen LogP contribution in [0.25, 0.3) is 6.08 Å². The first-order valence-electron chi connectivity index (χ1n) is 6.08. The summed E-state index contributed by atoms with van der Waals surface area (Å²) in [6.45, 7) is 4.03. The third kappa shape index (κ3) is 3.55. The molecule has 98 valence electrons. The van der Waals surface area contributed by atoms with Gasteiger partial charge in [0.1, 0.15) is 0 Å². The van der Waals surface area contributed by atoms with Gasteiger partial charge in [-0.15, -0.1) is 0 Å². The summed E-state index contributed by atoms with van der Waals surface area (Å²) < 4.78 is 1.76. The van der Waals surface area contributed by atoms with Gasteiger partial charge in [0, 0.05) is 17.3 Å². The fourth-order valence-corrected chi connectivity index (χ4v) is 1.82. The minimum Gasteiger partial charge on any atom is -0.289 e. The van der Waals surface area contributed by atoms with Crippen LogP contribution < -0.4 is 0 Å². The highest BCUT2D eigenvalue weighted by atomic mass is 35.5. The van der Waals surface area contributed by atoms with E-state index in [1.807, 2.05) is 32.0 Å². The largest absolute Gasteiger partial charge is 0.289 e. The van der Waals surface area contributed by atoms with Gasteiger partial charge in [-0.2, -0.15) is 5.10 Å². The Morgan fingerprint density at radius 3 is 2.84 bits per heavy atom. The van der Waals surface area contributed by atoms with Crippen LogP contribution in [0.3, 0.4) is 0 Å². The van der Waals surface area contributed by atoms with Gasteiger partial charge in [-0.25, -0.2) is 0 Å². The first-order valence-corrected chi connectivity index (χ1v) is 6.46. The maximum absolute atomic E-state index is 12.0. The van der Waals surface area contributed by atoms with Crippen molar-refractivity contribution in [1.29, 1.82) is 0 Å². The molecule has 19 heavy (non-hydrogen) atoms. The topological polar surface area (TPSA) is 34.9 Å². The fourth-order valence-electron chi connectivity index (χ4n) is 1.63. The first-order chi connectivity index (χ1) is 9.06. The van der Waals surface area contributed by atoms with Gasteiger partial charge in [-0.1, -0.05) is 29.8 Å². The molecular weight excluding hydrogens is 260 g/mol. The predicted molar refractivity (Wildman–Crippen MR) is 77.4 cm³/mol. The first kappa shape index (κ1) is 13.6.